The van der Waals surface area contributed by atoms with Crippen LogP contribution in [0.3, 0.4) is 0 Å². The summed E-state index contributed by atoms with van der Waals surface area (Å²) in [6.45, 7) is 2.49. The van der Waals surface area contributed by atoms with E-state index in [1.54, 1.807) is 30.1 Å². The van der Waals surface area contributed by atoms with Crippen LogP contribution in [0.2, 0.25) is 5.02 Å². The number of halogens is 1. The number of ether oxygens (including phenoxy) is 2. The molecule has 1 amide bonds. The molecule has 0 saturated heterocycles. The molecule has 2 aromatic rings. The first-order valence-electron chi connectivity index (χ1n) is 13.8. The number of methoxy groups -OCH3 is 1. The van der Waals surface area contributed by atoms with Gasteiger partial charge in [0.05, 0.1) is 19.2 Å². The van der Waals surface area contributed by atoms with Gasteiger partial charge in [0.2, 0.25) is 5.91 Å². The summed E-state index contributed by atoms with van der Waals surface area (Å²) in [5.74, 6) is -0.526. The average Bonchev–Trinajstić information content (AvgIpc) is 2.96. The number of allylic oxidation sites excluding steroid dienone is 1. The van der Waals surface area contributed by atoms with E-state index in [0.29, 0.717) is 24.5 Å². The average molecular weight is 555 g/mol. The number of amides is 1. The monoisotopic (exact) mass is 554 g/mol. The Hall–Kier alpha value is -3.03. The predicted octanol–water partition coefficient (Wildman–Crippen LogP) is 5.40. The number of carbonyl (C=O) groups excluding carboxylic acids is 2. The van der Waals surface area contributed by atoms with Crippen LogP contribution in [0.4, 0.5) is 5.69 Å². The van der Waals surface area contributed by atoms with Crippen LogP contribution in [0.25, 0.3) is 0 Å². The normalized spacial score (nSPS) is 22.2. The molecule has 2 bridgehead atoms. The third-order valence-electron chi connectivity index (χ3n) is 7.66. The summed E-state index contributed by atoms with van der Waals surface area (Å²) in [5.41, 5.74) is 1.27. The Morgan fingerprint density at radius 2 is 1.77 bits per heavy atom. The molecule has 2 aliphatic heterocycles. The number of fused-ring (bicyclic) bond motifs is 2. The third kappa shape index (κ3) is 7.14. The van der Waals surface area contributed by atoms with E-state index < -0.39 is 18.0 Å². The van der Waals surface area contributed by atoms with Crippen LogP contribution in [0.15, 0.2) is 48.6 Å². The zero-order valence-corrected chi connectivity index (χ0v) is 23.7. The highest BCUT2D eigenvalue weighted by molar-refractivity contribution is 6.30. The van der Waals surface area contributed by atoms with Crippen LogP contribution in [0, 0.1) is 0 Å². The quantitative estimate of drug-likeness (QED) is 0.375. The number of benzene rings is 2. The highest BCUT2D eigenvalue weighted by atomic mass is 35.5. The Labute approximate surface area is 236 Å². The molecule has 0 saturated carbocycles. The van der Waals surface area contributed by atoms with E-state index >= 15 is 0 Å². The Morgan fingerprint density at radius 1 is 1.00 bits per heavy atom. The molecule has 0 aromatic heterocycles. The van der Waals surface area contributed by atoms with Crippen LogP contribution < -0.4 is 9.64 Å². The number of carbonyl (C=O) groups is 2. The highest BCUT2D eigenvalue weighted by Crippen LogP contribution is 2.37. The molecular formula is C31H39ClN2O5. The molecule has 1 N–H and O–H groups in total. The van der Waals surface area contributed by atoms with Gasteiger partial charge in [-0.1, -0.05) is 35.9 Å². The standard InChI is InChI=1S/C31H39ClN2O5/c1-33-16-8-5-3-4-6-9-17-34-18-10-7-11-23-19-26(32)14-12-24(23)22-39-28-15-13-25(20-27(28)34)31(37,21-29(33)35)30(36)38-2/h3,5,12-15,19-20,37H,4,6-11,16-18,21-22H2,1-2H3/b5-3-/t31-/m1/s1. The first-order chi connectivity index (χ1) is 18.8. The van der Waals surface area contributed by atoms with Crippen LogP contribution in [-0.4, -0.2) is 55.7 Å². The minimum Gasteiger partial charge on any atom is -0.487 e. The Morgan fingerprint density at radius 3 is 2.56 bits per heavy atom. The summed E-state index contributed by atoms with van der Waals surface area (Å²) in [7, 11) is 2.91. The van der Waals surface area contributed by atoms with Crippen LogP contribution in [-0.2, 0) is 33.0 Å². The van der Waals surface area contributed by atoms with Crippen molar-refractivity contribution in [2.24, 2.45) is 0 Å². The molecule has 2 aliphatic rings. The maximum atomic E-state index is 13.1. The zero-order chi connectivity index (χ0) is 27.8. The fraction of sp³-hybridized carbons (Fsp3) is 0.484. The van der Waals surface area contributed by atoms with Crippen molar-refractivity contribution in [1.82, 2.24) is 4.90 Å². The second kappa shape index (κ2) is 13.4. The van der Waals surface area contributed by atoms with Crippen molar-refractivity contribution in [3.05, 3.63) is 70.3 Å². The minimum absolute atomic E-state index is 0.317. The van der Waals surface area contributed by atoms with E-state index in [1.807, 2.05) is 18.2 Å². The molecule has 2 heterocycles. The van der Waals surface area contributed by atoms with E-state index in [-0.39, 0.29) is 5.91 Å². The zero-order valence-electron chi connectivity index (χ0n) is 23.0. The van der Waals surface area contributed by atoms with Gasteiger partial charge in [-0.2, -0.15) is 0 Å². The molecule has 2 aromatic carbocycles. The first kappa shape index (κ1) is 29.0. The van der Waals surface area contributed by atoms with E-state index in [1.165, 1.54) is 12.7 Å². The van der Waals surface area contributed by atoms with E-state index in [2.05, 4.69) is 17.1 Å². The van der Waals surface area contributed by atoms with E-state index in [4.69, 9.17) is 21.1 Å². The lowest BCUT2D eigenvalue weighted by Crippen LogP contribution is -2.43. The van der Waals surface area contributed by atoms with Crippen molar-refractivity contribution in [3.8, 4) is 5.75 Å². The van der Waals surface area contributed by atoms with E-state index in [9.17, 15) is 14.7 Å². The first-order valence-corrected chi connectivity index (χ1v) is 14.2. The maximum absolute atomic E-state index is 13.1. The summed E-state index contributed by atoms with van der Waals surface area (Å²) >= 11 is 6.29. The van der Waals surface area contributed by atoms with Crippen LogP contribution in [0.1, 0.15) is 61.6 Å². The molecule has 0 unspecified atom stereocenters. The van der Waals surface area contributed by atoms with Gasteiger partial charge in [-0.3, -0.25) is 4.79 Å². The van der Waals surface area contributed by atoms with Gasteiger partial charge in [-0.05, 0) is 85.9 Å². The number of nitrogens with zero attached hydrogens (tertiary/aromatic N) is 2. The van der Waals surface area contributed by atoms with Gasteiger partial charge in [0.25, 0.3) is 0 Å². The van der Waals surface area contributed by atoms with Crippen molar-refractivity contribution < 1.29 is 24.2 Å². The van der Waals surface area contributed by atoms with Crippen molar-refractivity contribution in [1.29, 1.82) is 0 Å². The van der Waals surface area contributed by atoms with Crippen molar-refractivity contribution in [2.75, 3.05) is 38.7 Å². The summed E-state index contributed by atoms with van der Waals surface area (Å²) in [4.78, 5) is 29.9. The smallest absolute Gasteiger partial charge is 0.343 e. The fourth-order valence-electron chi connectivity index (χ4n) is 5.25. The molecule has 210 valence electrons. The lowest BCUT2D eigenvalue weighted by Gasteiger charge is -2.31. The van der Waals surface area contributed by atoms with Gasteiger partial charge in [-0.25, -0.2) is 4.79 Å². The van der Waals surface area contributed by atoms with Gasteiger partial charge >= 0.3 is 5.97 Å². The molecule has 1 atom stereocenters. The molecule has 0 spiro atoms. The molecule has 7 nitrogen and oxygen atoms in total. The van der Waals surface area contributed by atoms with E-state index in [0.717, 1.165) is 74.3 Å². The molecule has 0 aliphatic carbocycles. The fourth-order valence-corrected chi connectivity index (χ4v) is 5.44. The van der Waals surface area contributed by atoms with Gasteiger partial charge in [0.1, 0.15) is 12.4 Å². The number of rotatable bonds is 1. The third-order valence-corrected chi connectivity index (χ3v) is 7.89. The lowest BCUT2D eigenvalue weighted by molar-refractivity contribution is -0.168. The van der Waals surface area contributed by atoms with Crippen molar-refractivity contribution in [2.45, 2.75) is 63.6 Å². The van der Waals surface area contributed by atoms with Gasteiger partial charge in [0, 0.05) is 31.7 Å². The topological polar surface area (TPSA) is 79.3 Å². The number of anilines is 1. The Balaban J connectivity index is 1.77. The second-order valence-electron chi connectivity index (χ2n) is 10.4. The number of hydrogen-bond acceptors (Lipinski definition) is 6. The van der Waals surface area contributed by atoms with Gasteiger partial charge in [-0.15, -0.1) is 0 Å². The second-order valence-corrected chi connectivity index (χ2v) is 10.9. The van der Waals surface area contributed by atoms with Gasteiger partial charge < -0.3 is 24.4 Å². The van der Waals surface area contributed by atoms with Crippen molar-refractivity contribution >= 4 is 29.2 Å². The summed E-state index contributed by atoms with van der Waals surface area (Å²) in [6, 6.07) is 11.2. The number of esters is 1. The Bertz CT molecular complexity index is 1200. The summed E-state index contributed by atoms with van der Waals surface area (Å²) in [5, 5.41) is 12.4. The Kier molecular flexibility index (Phi) is 9.92. The molecule has 39 heavy (non-hydrogen) atoms. The largest absolute Gasteiger partial charge is 0.487 e. The summed E-state index contributed by atoms with van der Waals surface area (Å²) in [6.07, 6.45) is 10.4. The number of aliphatic hydroxyl groups is 1. The van der Waals surface area contributed by atoms with Crippen molar-refractivity contribution in [3.63, 3.8) is 0 Å². The SMILES string of the molecule is COC(=O)[C@@]1(O)CC(=O)N(C)CC/C=C\CCCCN2CCCCc3cc(Cl)ccc3COc3ccc1cc32. The molecule has 0 fully saturated rings. The minimum atomic E-state index is -2.12. The van der Waals surface area contributed by atoms with Crippen LogP contribution >= 0.6 is 11.6 Å². The molecule has 0 radical (unpaired) electrons. The molecule has 8 heteroatoms. The highest BCUT2D eigenvalue weighted by Gasteiger charge is 2.43. The number of hydrogen-bond donors (Lipinski definition) is 1. The molecule has 4 rings (SSSR count). The number of aryl methyl sites for hydroxylation is 1. The van der Waals surface area contributed by atoms with Gasteiger partial charge in [0.15, 0.2) is 5.60 Å². The molecular weight excluding hydrogens is 516 g/mol. The predicted molar refractivity (Wildman–Crippen MR) is 153 cm³/mol. The van der Waals surface area contributed by atoms with Crippen LogP contribution in [0.5, 0.6) is 5.75 Å². The lowest BCUT2D eigenvalue weighted by atomic mass is 9.89. The maximum Gasteiger partial charge on any atom is 0.343 e. The summed E-state index contributed by atoms with van der Waals surface area (Å²) < 4.78 is 11.4.